The molecule has 39 heavy (non-hydrogen) atoms. The van der Waals surface area contributed by atoms with E-state index in [1.54, 1.807) is 14.0 Å². The van der Waals surface area contributed by atoms with Crippen LogP contribution in [-0.2, 0) is 4.79 Å². The van der Waals surface area contributed by atoms with Crippen LogP contribution >= 0.6 is 0 Å². The van der Waals surface area contributed by atoms with Gasteiger partial charge in [0.1, 0.15) is 5.75 Å². The second-order valence-electron chi connectivity index (χ2n) is 12.0. The number of allylic oxidation sites excluding steroid dienone is 1. The molecule has 3 heterocycles. The van der Waals surface area contributed by atoms with Gasteiger partial charge in [-0.15, -0.1) is 0 Å². The van der Waals surface area contributed by atoms with E-state index in [4.69, 9.17) is 4.74 Å². The Morgan fingerprint density at radius 3 is 2.36 bits per heavy atom. The van der Waals surface area contributed by atoms with Crippen molar-refractivity contribution in [2.45, 2.75) is 84.2 Å². The van der Waals surface area contributed by atoms with Gasteiger partial charge in [0, 0.05) is 28.4 Å². The van der Waals surface area contributed by atoms with Gasteiger partial charge in [-0.1, -0.05) is 55.7 Å². The molecule has 202 valence electrons. The van der Waals surface area contributed by atoms with Gasteiger partial charge in [0.05, 0.1) is 29.9 Å². The van der Waals surface area contributed by atoms with Crippen molar-refractivity contribution < 1.29 is 14.3 Å². The van der Waals surface area contributed by atoms with E-state index in [0.29, 0.717) is 11.6 Å². The number of benzene rings is 2. The van der Waals surface area contributed by atoms with E-state index in [2.05, 4.69) is 50.5 Å². The fraction of sp³-hybridized carbons (Fsp3) is 0.412. The van der Waals surface area contributed by atoms with Crippen LogP contribution in [0.4, 0.5) is 5.69 Å². The number of carbonyl (C=O) groups excluding carboxylic acids is 2. The van der Waals surface area contributed by atoms with Crippen molar-refractivity contribution in [3.8, 4) is 17.0 Å². The lowest BCUT2D eigenvalue weighted by Gasteiger charge is -2.39. The minimum absolute atomic E-state index is 0.00796. The first-order valence-electron chi connectivity index (χ1n) is 14.2. The summed E-state index contributed by atoms with van der Waals surface area (Å²) in [6.45, 7) is 10.0. The minimum Gasteiger partial charge on any atom is -0.497 e. The largest absolute Gasteiger partial charge is 0.497 e. The van der Waals surface area contributed by atoms with Crippen molar-refractivity contribution in [1.29, 1.82) is 0 Å². The van der Waals surface area contributed by atoms with Crippen molar-refractivity contribution in [3.63, 3.8) is 0 Å². The van der Waals surface area contributed by atoms with E-state index in [-0.39, 0.29) is 11.7 Å². The van der Waals surface area contributed by atoms with E-state index in [1.165, 1.54) is 19.3 Å². The number of rotatable bonds is 5. The van der Waals surface area contributed by atoms with Gasteiger partial charge < -0.3 is 14.2 Å². The van der Waals surface area contributed by atoms with Gasteiger partial charge in [-0.2, -0.15) is 0 Å². The predicted octanol–water partition coefficient (Wildman–Crippen LogP) is 7.85. The topological polar surface area (TPSA) is 51.5 Å². The Labute approximate surface area is 231 Å². The summed E-state index contributed by atoms with van der Waals surface area (Å²) in [6.07, 6.45) is 7.95. The zero-order valence-corrected chi connectivity index (χ0v) is 23.9. The molecule has 1 unspecified atom stereocenters. The summed E-state index contributed by atoms with van der Waals surface area (Å²) in [5, 5.41) is 0. The summed E-state index contributed by atoms with van der Waals surface area (Å²) in [7, 11) is 1.67. The van der Waals surface area contributed by atoms with Gasteiger partial charge in [0.15, 0.2) is 5.78 Å². The number of hydrogen-bond acceptors (Lipinski definition) is 3. The smallest absolute Gasteiger partial charge is 0.239 e. The Kier molecular flexibility index (Phi) is 6.09. The first-order valence-corrected chi connectivity index (χ1v) is 14.2. The van der Waals surface area contributed by atoms with Gasteiger partial charge in [0.2, 0.25) is 5.91 Å². The first-order chi connectivity index (χ1) is 18.7. The van der Waals surface area contributed by atoms with Crippen LogP contribution < -0.4 is 9.64 Å². The molecule has 1 amide bonds. The van der Waals surface area contributed by atoms with Crippen LogP contribution in [0.3, 0.4) is 0 Å². The highest BCUT2D eigenvalue weighted by atomic mass is 16.5. The van der Waals surface area contributed by atoms with Crippen LogP contribution in [0.5, 0.6) is 5.75 Å². The Morgan fingerprint density at radius 1 is 1.03 bits per heavy atom. The molecule has 1 saturated carbocycles. The molecular formula is C34H38N2O3. The Morgan fingerprint density at radius 2 is 1.72 bits per heavy atom. The summed E-state index contributed by atoms with van der Waals surface area (Å²) in [6, 6.07) is 14.7. The van der Waals surface area contributed by atoms with Crippen LogP contribution in [0, 0.1) is 6.92 Å². The lowest BCUT2D eigenvalue weighted by molar-refractivity contribution is -0.119. The lowest BCUT2D eigenvalue weighted by Crippen LogP contribution is -2.47. The van der Waals surface area contributed by atoms with Crippen LogP contribution in [0.25, 0.3) is 16.8 Å². The summed E-state index contributed by atoms with van der Waals surface area (Å²) in [5.41, 5.74) is 8.12. The number of nitrogens with zero attached hydrogens (tertiary/aromatic N) is 2. The normalized spacial score (nSPS) is 20.2. The van der Waals surface area contributed by atoms with E-state index >= 15 is 0 Å². The Hall–Kier alpha value is -3.60. The van der Waals surface area contributed by atoms with Gasteiger partial charge >= 0.3 is 0 Å². The minimum atomic E-state index is -0.593. The summed E-state index contributed by atoms with van der Waals surface area (Å²) < 4.78 is 8.16. The molecule has 0 N–H and O–H groups in total. The molecule has 1 aromatic heterocycles. The molecule has 1 aliphatic carbocycles. The molecule has 3 aliphatic rings. The molecule has 0 saturated heterocycles. The third-order valence-electron chi connectivity index (χ3n) is 9.04. The molecule has 2 aromatic carbocycles. The average Bonchev–Trinajstić information content (AvgIpc) is 3.38. The second-order valence-corrected chi connectivity index (χ2v) is 12.0. The first kappa shape index (κ1) is 25.7. The molecule has 0 radical (unpaired) electrons. The number of ether oxygens (including phenoxy) is 1. The number of hydrogen-bond donors (Lipinski definition) is 0. The third-order valence-corrected chi connectivity index (χ3v) is 9.04. The van der Waals surface area contributed by atoms with Gasteiger partial charge in [-0.3, -0.25) is 9.59 Å². The molecule has 2 aliphatic heterocycles. The quantitative estimate of drug-likeness (QED) is 0.321. The number of Topliss-reactive ketones (excluding diaryl/α,β-unsaturated/α-hetero) is 1. The number of anilines is 1. The Bertz CT molecular complexity index is 1520. The number of carbonyl (C=O) groups is 2. The van der Waals surface area contributed by atoms with Gasteiger partial charge in [-0.05, 0) is 76.3 Å². The maximum atomic E-state index is 14.7. The second kappa shape index (κ2) is 9.25. The molecule has 6 rings (SSSR count). The number of amides is 1. The molecule has 0 bridgehead atoms. The van der Waals surface area contributed by atoms with E-state index < -0.39 is 11.5 Å². The van der Waals surface area contributed by atoms with E-state index in [1.807, 2.05) is 35.2 Å². The van der Waals surface area contributed by atoms with Gasteiger partial charge in [0.25, 0.3) is 0 Å². The van der Waals surface area contributed by atoms with Crippen molar-refractivity contribution in [3.05, 3.63) is 76.5 Å². The van der Waals surface area contributed by atoms with Crippen LogP contribution in [0.2, 0.25) is 0 Å². The molecule has 1 atom stereocenters. The SMILES string of the molecule is COc1cc2c3c(c1)C(c1c(C(C)=O)c(C)n(C4CCCCC4)c1-c1ccccc1)C(=O)N3C(C)(C)C=C2C. The zero-order chi connectivity index (χ0) is 27.6. The highest BCUT2D eigenvalue weighted by Crippen LogP contribution is 2.55. The predicted molar refractivity (Wildman–Crippen MR) is 157 cm³/mol. The lowest BCUT2D eigenvalue weighted by atomic mass is 9.85. The summed E-state index contributed by atoms with van der Waals surface area (Å²) in [4.78, 5) is 30.2. The fourth-order valence-electron chi connectivity index (χ4n) is 7.56. The molecule has 1 fully saturated rings. The standard InChI is InChI=1S/C34H38N2O3/c1-20-19-34(4,5)36-32-26(20)17-25(39-6)18-27(32)29(33(36)38)30-28(22(3)37)21(2)35(24-15-11-8-12-16-24)31(30)23-13-9-7-10-14-23/h7,9-10,13-14,17-19,24,29H,8,11-12,15-16H2,1-6H3. The fourth-order valence-corrected chi connectivity index (χ4v) is 7.56. The van der Waals surface area contributed by atoms with Crippen molar-refractivity contribution in [2.75, 3.05) is 12.0 Å². The molecule has 5 heteroatoms. The summed E-state index contributed by atoms with van der Waals surface area (Å²) in [5.74, 6) is 0.164. The number of methoxy groups -OCH3 is 1. The number of ketones is 1. The van der Waals surface area contributed by atoms with Crippen molar-refractivity contribution in [1.82, 2.24) is 4.57 Å². The monoisotopic (exact) mass is 522 g/mol. The average molecular weight is 523 g/mol. The van der Waals surface area contributed by atoms with E-state index in [0.717, 1.165) is 63.5 Å². The van der Waals surface area contributed by atoms with Crippen LogP contribution in [0.1, 0.15) is 105 Å². The van der Waals surface area contributed by atoms with Crippen molar-refractivity contribution in [2.24, 2.45) is 0 Å². The highest BCUT2D eigenvalue weighted by Gasteiger charge is 2.50. The molecule has 5 nitrogen and oxygen atoms in total. The third kappa shape index (κ3) is 3.81. The molecule has 3 aromatic rings. The molecule has 0 spiro atoms. The molecular weight excluding hydrogens is 484 g/mol. The number of aromatic nitrogens is 1. The van der Waals surface area contributed by atoms with Gasteiger partial charge in [-0.25, -0.2) is 0 Å². The maximum Gasteiger partial charge on any atom is 0.239 e. The Balaban J connectivity index is 1.71. The highest BCUT2D eigenvalue weighted by molar-refractivity contribution is 6.14. The van der Waals surface area contributed by atoms with E-state index in [9.17, 15) is 9.59 Å². The van der Waals surface area contributed by atoms with Crippen molar-refractivity contribution >= 4 is 23.0 Å². The van der Waals surface area contributed by atoms with Crippen LogP contribution in [-0.4, -0.2) is 28.9 Å². The zero-order valence-electron chi connectivity index (χ0n) is 23.9. The maximum absolute atomic E-state index is 14.7. The van der Waals surface area contributed by atoms with Crippen LogP contribution in [0.15, 0.2) is 48.5 Å². The summed E-state index contributed by atoms with van der Waals surface area (Å²) >= 11 is 0.